The molecule has 63 valence electrons. The molecule has 1 aromatic carbocycles. The van der Waals surface area contributed by atoms with Crippen LogP contribution < -0.4 is 0 Å². The Morgan fingerprint density at radius 2 is 1.92 bits per heavy atom. The standard InChI is InChI=1S/C10H6FN2/c11-9-4-2-8(3-5-9)10-12-6-1-7-13-10/h1-2,4-7H. The van der Waals surface area contributed by atoms with Crippen molar-refractivity contribution in [2.24, 2.45) is 0 Å². The molecule has 1 radical (unpaired) electrons. The molecule has 0 amide bonds. The van der Waals surface area contributed by atoms with Crippen molar-refractivity contribution in [1.29, 1.82) is 0 Å². The zero-order valence-electron chi connectivity index (χ0n) is 6.74. The van der Waals surface area contributed by atoms with Crippen molar-refractivity contribution in [3.05, 3.63) is 48.5 Å². The lowest BCUT2D eigenvalue weighted by molar-refractivity contribution is 0.627. The zero-order chi connectivity index (χ0) is 9.10. The summed E-state index contributed by atoms with van der Waals surface area (Å²) in [5.41, 5.74) is 0.696. The first-order valence-corrected chi connectivity index (χ1v) is 3.81. The van der Waals surface area contributed by atoms with E-state index in [4.69, 9.17) is 0 Å². The van der Waals surface area contributed by atoms with Crippen molar-refractivity contribution in [1.82, 2.24) is 9.97 Å². The fourth-order valence-corrected chi connectivity index (χ4v) is 0.983. The van der Waals surface area contributed by atoms with E-state index in [1.165, 1.54) is 12.1 Å². The van der Waals surface area contributed by atoms with Crippen LogP contribution in [0.2, 0.25) is 0 Å². The lowest BCUT2D eigenvalue weighted by atomic mass is 10.2. The molecule has 1 heterocycles. The van der Waals surface area contributed by atoms with Crippen LogP contribution in [-0.4, -0.2) is 9.97 Å². The van der Waals surface area contributed by atoms with E-state index in [2.05, 4.69) is 16.0 Å². The van der Waals surface area contributed by atoms with E-state index in [9.17, 15) is 4.39 Å². The van der Waals surface area contributed by atoms with Gasteiger partial charge in [0, 0.05) is 18.0 Å². The Morgan fingerprint density at radius 1 is 1.15 bits per heavy atom. The molecule has 0 aliphatic carbocycles. The Hall–Kier alpha value is -1.77. The molecule has 0 fully saturated rings. The van der Waals surface area contributed by atoms with Gasteiger partial charge in [0.05, 0.1) is 0 Å². The van der Waals surface area contributed by atoms with Crippen LogP contribution in [0.4, 0.5) is 4.39 Å². The number of benzene rings is 1. The maximum atomic E-state index is 12.5. The number of hydrogen-bond donors (Lipinski definition) is 0. The summed E-state index contributed by atoms with van der Waals surface area (Å²) in [6, 6.07) is 8.72. The molecule has 1 aromatic heterocycles. The molecule has 2 nitrogen and oxygen atoms in total. The Morgan fingerprint density at radius 3 is 2.54 bits per heavy atom. The van der Waals surface area contributed by atoms with Crippen LogP contribution in [-0.2, 0) is 0 Å². The van der Waals surface area contributed by atoms with Gasteiger partial charge in [-0.3, -0.25) is 0 Å². The molecular formula is C10H6FN2. The normalized spacial score (nSPS) is 9.92. The van der Waals surface area contributed by atoms with Crippen molar-refractivity contribution in [3.8, 4) is 11.4 Å². The minimum atomic E-state index is -0.306. The van der Waals surface area contributed by atoms with Crippen LogP contribution in [0.1, 0.15) is 0 Å². The van der Waals surface area contributed by atoms with E-state index < -0.39 is 0 Å². The highest BCUT2D eigenvalue weighted by Crippen LogP contribution is 2.12. The third-order valence-corrected chi connectivity index (χ3v) is 1.58. The molecule has 0 saturated heterocycles. The average molecular weight is 173 g/mol. The first-order chi connectivity index (χ1) is 6.36. The van der Waals surface area contributed by atoms with Crippen molar-refractivity contribution < 1.29 is 4.39 Å². The van der Waals surface area contributed by atoms with Gasteiger partial charge in [0.15, 0.2) is 5.82 Å². The predicted octanol–water partition coefficient (Wildman–Crippen LogP) is 2.08. The lowest BCUT2D eigenvalue weighted by Crippen LogP contribution is -1.86. The van der Waals surface area contributed by atoms with Gasteiger partial charge in [-0.25, -0.2) is 14.4 Å². The summed E-state index contributed by atoms with van der Waals surface area (Å²) >= 11 is 0. The van der Waals surface area contributed by atoms with Gasteiger partial charge in [-0.15, -0.1) is 0 Å². The van der Waals surface area contributed by atoms with Gasteiger partial charge >= 0.3 is 0 Å². The van der Waals surface area contributed by atoms with Gasteiger partial charge in [0.1, 0.15) is 5.82 Å². The molecule has 0 atom stereocenters. The summed E-state index contributed by atoms with van der Waals surface area (Å²) in [5, 5.41) is 0. The van der Waals surface area contributed by atoms with Gasteiger partial charge in [-0.2, -0.15) is 0 Å². The van der Waals surface area contributed by atoms with E-state index in [0.717, 1.165) is 0 Å². The quantitative estimate of drug-likeness (QED) is 0.659. The second-order valence-corrected chi connectivity index (χ2v) is 2.49. The molecule has 3 heteroatoms. The predicted molar refractivity (Wildman–Crippen MR) is 46.3 cm³/mol. The molecular weight excluding hydrogens is 167 g/mol. The number of aromatic nitrogens is 2. The van der Waals surface area contributed by atoms with Crippen LogP contribution >= 0.6 is 0 Å². The van der Waals surface area contributed by atoms with E-state index in [1.54, 1.807) is 24.5 Å². The number of halogens is 1. The Kier molecular flexibility index (Phi) is 2.00. The average Bonchev–Trinajstić information content (AvgIpc) is 2.20. The third kappa shape index (κ3) is 1.69. The minimum absolute atomic E-state index is 0.306. The summed E-state index contributed by atoms with van der Waals surface area (Å²) in [4.78, 5) is 8.03. The van der Waals surface area contributed by atoms with E-state index >= 15 is 0 Å². The van der Waals surface area contributed by atoms with Crippen molar-refractivity contribution in [2.75, 3.05) is 0 Å². The monoisotopic (exact) mass is 173 g/mol. The van der Waals surface area contributed by atoms with Crippen LogP contribution in [0, 0.1) is 11.9 Å². The fourth-order valence-electron chi connectivity index (χ4n) is 0.983. The topological polar surface area (TPSA) is 25.8 Å². The summed E-state index contributed by atoms with van der Waals surface area (Å²) in [7, 11) is 0. The molecule has 0 unspecified atom stereocenters. The smallest absolute Gasteiger partial charge is 0.159 e. The van der Waals surface area contributed by atoms with E-state index in [-0.39, 0.29) is 5.82 Å². The largest absolute Gasteiger partial charge is 0.237 e. The summed E-state index contributed by atoms with van der Waals surface area (Å²) < 4.78 is 12.5. The Labute approximate surface area is 75.1 Å². The minimum Gasteiger partial charge on any atom is -0.237 e. The van der Waals surface area contributed by atoms with Gasteiger partial charge in [0.25, 0.3) is 0 Å². The Balaban J connectivity index is 2.42. The number of nitrogens with zero attached hydrogens (tertiary/aromatic N) is 2. The molecule has 0 bridgehead atoms. The van der Waals surface area contributed by atoms with Gasteiger partial charge in [0.2, 0.25) is 0 Å². The second-order valence-electron chi connectivity index (χ2n) is 2.49. The van der Waals surface area contributed by atoms with E-state index in [1.807, 2.05) is 0 Å². The highest BCUT2D eigenvalue weighted by Gasteiger charge is 1.98. The molecule has 0 aliphatic heterocycles. The van der Waals surface area contributed by atoms with Gasteiger partial charge < -0.3 is 0 Å². The first-order valence-electron chi connectivity index (χ1n) is 3.81. The molecule has 0 aliphatic rings. The fraction of sp³-hybridized carbons (Fsp3) is 0. The van der Waals surface area contributed by atoms with Crippen LogP contribution in [0.5, 0.6) is 0 Å². The third-order valence-electron chi connectivity index (χ3n) is 1.58. The highest BCUT2D eigenvalue weighted by molar-refractivity contribution is 5.52. The molecule has 0 N–H and O–H groups in total. The molecule has 2 aromatic rings. The zero-order valence-corrected chi connectivity index (χ0v) is 6.74. The maximum Gasteiger partial charge on any atom is 0.159 e. The number of rotatable bonds is 1. The maximum absolute atomic E-state index is 12.5. The SMILES string of the molecule is Fc1c[c]c(-c2ncccn2)cc1. The van der Waals surface area contributed by atoms with Crippen LogP contribution in [0.25, 0.3) is 11.4 Å². The van der Waals surface area contributed by atoms with Crippen LogP contribution in [0.3, 0.4) is 0 Å². The van der Waals surface area contributed by atoms with Gasteiger partial charge in [-0.05, 0) is 30.3 Å². The Bertz CT molecular complexity index is 383. The summed E-state index contributed by atoms with van der Waals surface area (Å²) in [6.45, 7) is 0. The van der Waals surface area contributed by atoms with Crippen LogP contribution in [0.15, 0.2) is 36.7 Å². The van der Waals surface area contributed by atoms with Crippen molar-refractivity contribution in [3.63, 3.8) is 0 Å². The lowest BCUT2D eigenvalue weighted by Gasteiger charge is -1.96. The highest BCUT2D eigenvalue weighted by atomic mass is 19.1. The summed E-state index contributed by atoms with van der Waals surface area (Å²) in [6.07, 6.45) is 3.28. The van der Waals surface area contributed by atoms with Gasteiger partial charge in [-0.1, -0.05) is 0 Å². The molecule has 0 spiro atoms. The molecule has 2 rings (SSSR count). The number of hydrogen-bond acceptors (Lipinski definition) is 2. The molecule has 13 heavy (non-hydrogen) atoms. The van der Waals surface area contributed by atoms with Crippen molar-refractivity contribution in [2.45, 2.75) is 0 Å². The van der Waals surface area contributed by atoms with E-state index in [0.29, 0.717) is 11.4 Å². The van der Waals surface area contributed by atoms with Crippen molar-refractivity contribution >= 4 is 0 Å². The second kappa shape index (κ2) is 3.31. The molecule has 0 saturated carbocycles. The first kappa shape index (κ1) is 7.86. The summed E-state index contributed by atoms with van der Waals surface area (Å²) in [5.74, 6) is 0.252.